The van der Waals surface area contributed by atoms with Gasteiger partial charge in [-0.15, -0.1) is 0 Å². The molecule has 0 atom stereocenters. The largest absolute Gasteiger partial charge is 0.322 e. The fourth-order valence-corrected chi connectivity index (χ4v) is 6.29. The number of nitrogens with one attached hydrogen (secondary N) is 2. The predicted octanol–water partition coefficient (Wildman–Crippen LogP) is 3.91. The Hall–Kier alpha value is -3.21. The Balaban J connectivity index is 1.45. The molecule has 0 aromatic heterocycles. The Morgan fingerprint density at radius 1 is 0.706 bits per heavy atom. The molecule has 1 fully saturated rings. The Labute approximate surface area is 199 Å². The number of amides is 1. The van der Waals surface area contributed by atoms with Crippen molar-refractivity contribution in [3.63, 3.8) is 0 Å². The zero-order valence-corrected chi connectivity index (χ0v) is 20.0. The lowest BCUT2D eigenvalue weighted by molar-refractivity contribution is 0.102. The van der Waals surface area contributed by atoms with Crippen molar-refractivity contribution in [1.82, 2.24) is 4.31 Å². The lowest BCUT2D eigenvalue weighted by Crippen LogP contribution is -2.35. The first-order valence-corrected chi connectivity index (χ1v) is 13.8. The summed E-state index contributed by atoms with van der Waals surface area (Å²) in [6, 6.07) is 20.1. The van der Waals surface area contributed by atoms with Gasteiger partial charge < -0.3 is 5.32 Å². The van der Waals surface area contributed by atoms with Crippen molar-refractivity contribution in [2.24, 2.45) is 0 Å². The molecule has 0 bridgehead atoms. The van der Waals surface area contributed by atoms with E-state index in [1.54, 1.807) is 36.4 Å². The van der Waals surface area contributed by atoms with E-state index in [0.717, 1.165) is 19.3 Å². The second kappa shape index (κ2) is 9.96. The summed E-state index contributed by atoms with van der Waals surface area (Å²) in [4.78, 5) is 13.0. The van der Waals surface area contributed by atoms with Gasteiger partial charge in [0, 0.05) is 30.0 Å². The Bertz CT molecular complexity index is 1370. The molecule has 8 nitrogen and oxygen atoms in total. The molecular formula is C24H25N3O5S2. The number of carbonyl (C=O) groups is 1. The second-order valence-corrected chi connectivity index (χ2v) is 11.6. The van der Waals surface area contributed by atoms with Gasteiger partial charge in [-0.05, 0) is 67.4 Å². The number of anilines is 2. The highest BCUT2D eigenvalue weighted by Crippen LogP contribution is 2.23. The molecule has 3 aromatic carbocycles. The Morgan fingerprint density at radius 3 is 2.06 bits per heavy atom. The predicted molar refractivity (Wildman–Crippen MR) is 131 cm³/mol. The van der Waals surface area contributed by atoms with Crippen LogP contribution in [0.2, 0.25) is 0 Å². The summed E-state index contributed by atoms with van der Waals surface area (Å²) < 4.78 is 54.6. The van der Waals surface area contributed by atoms with Crippen LogP contribution in [0, 0.1) is 0 Å². The minimum atomic E-state index is -3.79. The number of hydrogen-bond acceptors (Lipinski definition) is 5. The van der Waals surface area contributed by atoms with Crippen molar-refractivity contribution < 1.29 is 21.6 Å². The second-order valence-electron chi connectivity index (χ2n) is 7.94. The van der Waals surface area contributed by atoms with Gasteiger partial charge >= 0.3 is 0 Å². The molecule has 0 unspecified atom stereocenters. The van der Waals surface area contributed by atoms with Crippen molar-refractivity contribution >= 4 is 37.3 Å². The Kier molecular flexibility index (Phi) is 7.01. The molecule has 2 N–H and O–H groups in total. The molecule has 1 heterocycles. The van der Waals surface area contributed by atoms with Crippen LogP contribution >= 0.6 is 0 Å². The van der Waals surface area contributed by atoms with Gasteiger partial charge in [-0.2, -0.15) is 4.31 Å². The quantitative estimate of drug-likeness (QED) is 0.512. The molecule has 0 saturated carbocycles. The van der Waals surface area contributed by atoms with Crippen LogP contribution in [0.5, 0.6) is 0 Å². The van der Waals surface area contributed by atoms with E-state index < -0.39 is 26.0 Å². The summed E-state index contributed by atoms with van der Waals surface area (Å²) in [5.41, 5.74) is 0.926. The monoisotopic (exact) mass is 499 g/mol. The highest BCUT2D eigenvalue weighted by molar-refractivity contribution is 7.92. The Morgan fingerprint density at radius 2 is 1.38 bits per heavy atom. The van der Waals surface area contributed by atoms with Crippen molar-refractivity contribution in [3.05, 3.63) is 84.4 Å². The lowest BCUT2D eigenvalue weighted by Gasteiger charge is -2.25. The third-order valence-electron chi connectivity index (χ3n) is 5.50. The number of rotatable bonds is 7. The van der Waals surface area contributed by atoms with E-state index in [-0.39, 0.29) is 21.0 Å². The minimum absolute atomic E-state index is 0.115. The summed E-state index contributed by atoms with van der Waals surface area (Å²) >= 11 is 0. The summed E-state index contributed by atoms with van der Waals surface area (Å²) in [5, 5.41) is 2.71. The van der Waals surface area contributed by atoms with Crippen molar-refractivity contribution in [1.29, 1.82) is 0 Å². The maximum Gasteiger partial charge on any atom is 0.261 e. The van der Waals surface area contributed by atoms with Crippen molar-refractivity contribution in [2.45, 2.75) is 29.1 Å². The van der Waals surface area contributed by atoms with E-state index in [4.69, 9.17) is 0 Å². The van der Waals surface area contributed by atoms with Gasteiger partial charge in [0.25, 0.3) is 15.9 Å². The number of carbonyl (C=O) groups excluding carboxylic acids is 1. The summed E-state index contributed by atoms with van der Waals surface area (Å²) in [5.74, 6) is -0.451. The molecule has 1 amide bonds. The average molecular weight is 500 g/mol. The van der Waals surface area contributed by atoms with E-state index in [9.17, 15) is 21.6 Å². The van der Waals surface area contributed by atoms with Crippen LogP contribution in [0.25, 0.3) is 0 Å². The molecule has 1 aliphatic heterocycles. The molecule has 10 heteroatoms. The molecule has 3 aromatic rings. The summed E-state index contributed by atoms with van der Waals surface area (Å²) in [6.45, 7) is 1.04. The topological polar surface area (TPSA) is 113 Å². The fraction of sp³-hybridized carbons (Fsp3) is 0.208. The first kappa shape index (κ1) is 23.9. The maximum atomic E-state index is 12.8. The highest BCUT2D eigenvalue weighted by atomic mass is 32.2. The van der Waals surface area contributed by atoms with Gasteiger partial charge in [0.05, 0.1) is 9.79 Å². The number of sulfonamides is 2. The third-order valence-corrected chi connectivity index (χ3v) is 8.81. The minimum Gasteiger partial charge on any atom is -0.322 e. The van der Waals surface area contributed by atoms with E-state index >= 15 is 0 Å². The molecule has 0 aliphatic carbocycles. The summed E-state index contributed by atoms with van der Waals surface area (Å²) in [6.07, 6.45) is 2.74. The van der Waals surface area contributed by atoms with Gasteiger partial charge in [0.1, 0.15) is 0 Å². The molecule has 0 spiro atoms. The standard InChI is InChI=1S/C24H25N3O5S2/c28-24(19-8-7-9-21(18-19)26-33(29,30)22-10-3-1-4-11-22)25-20-12-14-23(15-13-20)34(31,32)27-16-5-2-6-17-27/h1,3-4,7-15,18,26H,2,5-6,16-17H2,(H,25,28). The van der Waals surface area contributed by atoms with Gasteiger partial charge in [0.2, 0.25) is 10.0 Å². The van der Waals surface area contributed by atoms with Crippen molar-refractivity contribution in [3.8, 4) is 0 Å². The number of hydrogen-bond donors (Lipinski definition) is 2. The summed E-state index contributed by atoms with van der Waals surface area (Å²) in [7, 11) is -7.34. The van der Waals surface area contributed by atoms with Crippen LogP contribution in [0.3, 0.4) is 0 Å². The number of nitrogens with zero attached hydrogens (tertiary/aromatic N) is 1. The van der Waals surface area contributed by atoms with Gasteiger partial charge in [-0.1, -0.05) is 30.7 Å². The van der Waals surface area contributed by atoms with Gasteiger partial charge in [-0.3, -0.25) is 9.52 Å². The molecule has 1 aliphatic rings. The van der Waals surface area contributed by atoms with E-state index in [0.29, 0.717) is 18.8 Å². The zero-order valence-electron chi connectivity index (χ0n) is 18.3. The van der Waals surface area contributed by atoms with E-state index in [2.05, 4.69) is 10.0 Å². The smallest absolute Gasteiger partial charge is 0.261 e. The molecule has 4 rings (SSSR count). The highest BCUT2D eigenvalue weighted by Gasteiger charge is 2.25. The maximum absolute atomic E-state index is 12.8. The van der Waals surface area contributed by atoms with Gasteiger partial charge in [0.15, 0.2) is 0 Å². The first-order chi connectivity index (χ1) is 16.3. The third kappa shape index (κ3) is 5.46. The molecule has 0 radical (unpaired) electrons. The van der Waals surface area contributed by atoms with Crippen LogP contribution in [0.15, 0.2) is 88.7 Å². The normalized spacial score (nSPS) is 14.9. The average Bonchev–Trinajstić information content (AvgIpc) is 2.85. The van der Waals surface area contributed by atoms with E-state index in [1.807, 2.05) is 0 Å². The fourth-order valence-electron chi connectivity index (χ4n) is 3.71. The molecule has 178 valence electrons. The van der Waals surface area contributed by atoms with Crippen LogP contribution in [0.1, 0.15) is 29.6 Å². The van der Waals surface area contributed by atoms with E-state index in [1.165, 1.54) is 46.8 Å². The van der Waals surface area contributed by atoms with Gasteiger partial charge in [-0.25, -0.2) is 16.8 Å². The van der Waals surface area contributed by atoms with Crippen molar-refractivity contribution in [2.75, 3.05) is 23.1 Å². The zero-order chi connectivity index (χ0) is 24.2. The SMILES string of the molecule is O=C(Nc1ccc(S(=O)(=O)N2CCCCC2)cc1)c1cccc(NS(=O)(=O)c2ccccc2)c1. The molecule has 1 saturated heterocycles. The van der Waals surface area contributed by atoms with Crippen LogP contribution < -0.4 is 10.0 Å². The number of piperidine rings is 1. The molecule has 34 heavy (non-hydrogen) atoms. The number of benzene rings is 3. The lowest BCUT2D eigenvalue weighted by atomic mass is 10.2. The van der Waals surface area contributed by atoms with Crippen LogP contribution in [-0.4, -0.2) is 40.1 Å². The molecular weight excluding hydrogens is 474 g/mol. The van der Waals surface area contributed by atoms with Crippen LogP contribution in [-0.2, 0) is 20.0 Å². The van der Waals surface area contributed by atoms with Crippen LogP contribution in [0.4, 0.5) is 11.4 Å². The first-order valence-electron chi connectivity index (χ1n) is 10.9.